The molecule has 0 unspecified atom stereocenters. The summed E-state index contributed by atoms with van der Waals surface area (Å²) in [5.41, 5.74) is 0.633. The summed E-state index contributed by atoms with van der Waals surface area (Å²) in [7, 11) is 1.68. The number of rotatable bonds is 2. The third-order valence-electron chi connectivity index (χ3n) is 1.47. The number of benzene rings is 1. The molecule has 0 amide bonds. The molecule has 0 bridgehead atoms. The Morgan fingerprint density at radius 3 is 2.69 bits per heavy atom. The van der Waals surface area contributed by atoms with E-state index in [1.165, 1.54) is 19.1 Å². The summed E-state index contributed by atoms with van der Waals surface area (Å²) in [5, 5.41) is 2.77. The van der Waals surface area contributed by atoms with Gasteiger partial charge < -0.3 is 10.1 Å². The topological polar surface area (TPSA) is 38.3 Å². The van der Waals surface area contributed by atoms with Crippen molar-refractivity contribution in [3.05, 3.63) is 24.0 Å². The third kappa shape index (κ3) is 2.43. The molecule has 3 nitrogen and oxygen atoms in total. The van der Waals surface area contributed by atoms with Crippen LogP contribution >= 0.6 is 0 Å². The van der Waals surface area contributed by atoms with Crippen LogP contribution in [0.1, 0.15) is 6.92 Å². The van der Waals surface area contributed by atoms with Crippen molar-refractivity contribution in [3.8, 4) is 5.75 Å². The van der Waals surface area contributed by atoms with Crippen molar-refractivity contribution in [2.45, 2.75) is 6.92 Å². The number of ether oxygens (including phenoxy) is 1. The minimum Gasteiger partial charge on any atom is -0.424 e. The minimum absolute atomic E-state index is 0.0495. The van der Waals surface area contributed by atoms with Crippen molar-refractivity contribution in [3.63, 3.8) is 0 Å². The first kappa shape index (κ1) is 9.51. The normalized spacial score (nSPS) is 9.46. The predicted octanol–water partition coefficient (Wildman–Crippen LogP) is 1.79. The Morgan fingerprint density at radius 2 is 2.23 bits per heavy atom. The molecule has 0 heterocycles. The lowest BCUT2D eigenvalue weighted by molar-refractivity contribution is -0.132. The van der Waals surface area contributed by atoms with Gasteiger partial charge in [-0.05, 0) is 12.1 Å². The average Bonchev–Trinajstić information content (AvgIpc) is 2.08. The predicted molar refractivity (Wildman–Crippen MR) is 47.3 cm³/mol. The number of nitrogens with one attached hydrogen (secondary N) is 1. The highest BCUT2D eigenvalue weighted by molar-refractivity contribution is 5.69. The summed E-state index contributed by atoms with van der Waals surface area (Å²) in [6.07, 6.45) is 0. The largest absolute Gasteiger partial charge is 0.424 e. The van der Waals surface area contributed by atoms with Gasteiger partial charge in [-0.3, -0.25) is 4.79 Å². The Morgan fingerprint density at radius 1 is 1.54 bits per heavy atom. The molecule has 0 radical (unpaired) electrons. The lowest BCUT2D eigenvalue weighted by Gasteiger charge is -2.04. The fourth-order valence-electron chi connectivity index (χ4n) is 0.894. The van der Waals surface area contributed by atoms with Crippen LogP contribution in [0, 0.1) is 5.82 Å². The maximum Gasteiger partial charge on any atom is 0.308 e. The molecule has 0 aliphatic heterocycles. The van der Waals surface area contributed by atoms with E-state index in [0.717, 1.165) is 0 Å². The molecule has 0 saturated heterocycles. The fraction of sp³-hybridized carbons (Fsp3) is 0.222. The van der Waals surface area contributed by atoms with Crippen molar-refractivity contribution >= 4 is 11.7 Å². The van der Waals surface area contributed by atoms with E-state index in [-0.39, 0.29) is 5.75 Å². The molecule has 1 rings (SSSR count). The minimum atomic E-state index is -0.554. The molecular weight excluding hydrogens is 173 g/mol. The zero-order valence-corrected chi connectivity index (χ0v) is 7.43. The molecule has 1 N–H and O–H groups in total. The summed E-state index contributed by atoms with van der Waals surface area (Å²) in [4.78, 5) is 10.5. The summed E-state index contributed by atoms with van der Waals surface area (Å²) >= 11 is 0. The van der Waals surface area contributed by atoms with Gasteiger partial charge in [0.1, 0.15) is 0 Å². The van der Waals surface area contributed by atoms with E-state index in [2.05, 4.69) is 10.1 Å². The van der Waals surface area contributed by atoms with Gasteiger partial charge in [0.15, 0.2) is 11.6 Å². The van der Waals surface area contributed by atoms with E-state index in [9.17, 15) is 9.18 Å². The van der Waals surface area contributed by atoms with Gasteiger partial charge in [0, 0.05) is 25.7 Å². The number of hydrogen-bond acceptors (Lipinski definition) is 3. The molecule has 0 spiro atoms. The van der Waals surface area contributed by atoms with Gasteiger partial charge in [-0.25, -0.2) is 4.39 Å². The van der Waals surface area contributed by atoms with Crippen LogP contribution in [-0.2, 0) is 4.79 Å². The molecule has 13 heavy (non-hydrogen) atoms. The molecule has 0 atom stereocenters. The number of halogens is 1. The number of carbonyl (C=O) groups excluding carboxylic acids is 1. The Hall–Kier alpha value is -1.58. The molecular formula is C9H10FNO2. The van der Waals surface area contributed by atoms with Crippen LogP contribution in [0.25, 0.3) is 0 Å². The highest BCUT2D eigenvalue weighted by Crippen LogP contribution is 2.20. The quantitative estimate of drug-likeness (QED) is 0.561. The number of carbonyl (C=O) groups is 1. The number of anilines is 1. The van der Waals surface area contributed by atoms with E-state index >= 15 is 0 Å². The van der Waals surface area contributed by atoms with E-state index in [4.69, 9.17) is 0 Å². The van der Waals surface area contributed by atoms with Crippen molar-refractivity contribution < 1.29 is 13.9 Å². The van der Waals surface area contributed by atoms with E-state index in [0.29, 0.717) is 5.69 Å². The maximum atomic E-state index is 13.1. The smallest absolute Gasteiger partial charge is 0.308 e. The number of esters is 1. The standard InChI is InChI=1S/C9H10FNO2/c1-6(12)13-9-4-3-7(11-2)5-8(9)10/h3-5,11H,1-2H3. The molecule has 0 aromatic heterocycles. The molecule has 4 heteroatoms. The molecule has 1 aromatic carbocycles. The molecule has 1 aromatic rings. The van der Waals surface area contributed by atoms with Gasteiger partial charge in [0.25, 0.3) is 0 Å². The molecule has 0 aliphatic carbocycles. The first-order valence-electron chi connectivity index (χ1n) is 3.79. The van der Waals surface area contributed by atoms with Crippen molar-refractivity contribution in [1.29, 1.82) is 0 Å². The summed E-state index contributed by atoms with van der Waals surface area (Å²) in [6.45, 7) is 1.23. The number of hydrogen-bond donors (Lipinski definition) is 1. The third-order valence-corrected chi connectivity index (χ3v) is 1.47. The lowest BCUT2D eigenvalue weighted by Crippen LogP contribution is -2.03. The average molecular weight is 183 g/mol. The van der Waals surface area contributed by atoms with Gasteiger partial charge in [-0.15, -0.1) is 0 Å². The van der Waals surface area contributed by atoms with Crippen molar-refractivity contribution in [2.75, 3.05) is 12.4 Å². The van der Waals surface area contributed by atoms with Gasteiger partial charge in [-0.2, -0.15) is 0 Å². The van der Waals surface area contributed by atoms with Crippen LogP contribution in [0.5, 0.6) is 5.75 Å². The second-order valence-corrected chi connectivity index (χ2v) is 2.49. The fourth-order valence-corrected chi connectivity index (χ4v) is 0.894. The SMILES string of the molecule is CNc1ccc(OC(C)=O)c(F)c1. The zero-order chi connectivity index (χ0) is 9.84. The zero-order valence-electron chi connectivity index (χ0n) is 7.43. The van der Waals surface area contributed by atoms with Crippen LogP contribution in [0.4, 0.5) is 10.1 Å². The van der Waals surface area contributed by atoms with Crippen LogP contribution in [0.3, 0.4) is 0 Å². The Bertz CT molecular complexity index is 325. The summed E-state index contributed by atoms with van der Waals surface area (Å²) < 4.78 is 17.7. The van der Waals surface area contributed by atoms with Crippen LogP contribution in [0.2, 0.25) is 0 Å². The second kappa shape index (κ2) is 3.89. The maximum absolute atomic E-state index is 13.1. The van der Waals surface area contributed by atoms with Crippen LogP contribution in [0.15, 0.2) is 18.2 Å². The molecule has 0 fully saturated rings. The summed E-state index contributed by atoms with van der Waals surface area (Å²) in [6, 6.07) is 4.29. The Kier molecular flexibility index (Phi) is 2.84. The molecule has 0 saturated carbocycles. The lowest BCUT2D eigenvalue weighted by atomic mass is 10.3. The van der Waals surface area contributed by atoms with E-state index in [1.54, 1.807) is 13.1 Å². The Labute approximate surface area is 75.5 Å². The van der Waals surface area contributed by atoms with Crippen LogP contribution in [-0.4, -0.2) is 13.0 Å². The Balaban J connectivity index is 2.91. The monoisotopic (exact) mass is 183 g/mol. The van der Waals surface area contributed by atoms with E-state index < -0.39 is 11.8 Å². The highest BCUT2D eigenvalue weighted by atomic mass is 19.1. The molecule has 70 valence electrons. The van der Waals surface area contributed by atoms with E-state index in [1.807, 2.05) is 0 Å². The summed E-state index contributed by atoms with van der Waals surface area (Å²) in [5.74, 6) is -1.13. The van der Waals surface area contributed by atoms with Gasteiger partial charge >= 0.3 is 5.97 Å². The highest BCUT2D eigenvalue weighted by Gasteiger charge is 2.05. The first-order chi connectivity index (χ1) is 6.13. The van der Waals surface area contributed by atoms with Gasteiger partial charge in [-0.1, -0.05) is 0 Å². The van der Waals surface area contributed by atoms with Crippen molar-refractivity contribution in [1.82, 2.24) is 0 Å². The first-order valence-corrected chi connectivity index (χ1v) is 3.79. The van der Waals surface area contributed by atoms with Crippen molar-refractivity contribution in [2.24, 2.45) is 0 Å². The van der Waals surface area contributed by atoms with Gasteiger partial charge in [0.05, 0.1) is 0 Å². The van der Waals surface area contributed by atoms with Gasteiger partial charge in [0.2, 0.25) is 0 Å². The second-order valence-electron chi connectivity index (χ2n) is 2.49. The molecule has 0 aliphatic rings. The van der Waals surface area contributed by atoms with Crippen LogP contribution < -0.4 is 10.1 Å².